The molecule has 4 nitrogen and oxygen atoms in total. The standard InChI is InChI=1S/C19H21FN2O2.ClH/c1-13-12-21-9-10-22(13)19(23)17-8-5-15(11-18(17)20)14-3-6-16(24-2)7-4-14;/h3-8,11,13,21H,9-10,12H2,1-2H3;1H. The Morgan fingerprint density at radius 3 is 2.48 bits per heavy atom. The molecule has 1 atom stereocenters. The first kappa shape index (κ1) is 19.2. The van der Waals surface area contributed by atoms with E-state index < -0.39 is 5.82 Å². The van der Waals surface area contributed by atoms with E-state index in [1.807, 2.05) is 31.2 Å². The van der Waals surface area contributed by atoms with E-state index in [-0.39, 0.29) is 29.9 Å². The van der Waals surface area contributed by atoms with Gasteiger partial charge in [-0.2, -0.15) is 0 Å². The third kappa shape index (κ3) is 4.11. The van der Waals surface area contributed by atoms with Crippen molar-refractivity contribution in [1.82, 2.24) is 10.2 Å². The molecule has 0 spiro atoms. The summed E-state index contributed by atoms with van der Waals surface area (Å²) in [5.41, 5.74) is 1.74. The number of benzene rings is 2. The Bertz CT molecular complexity index is 737. The van der Waals surface area contributed by atoms with Gasteiger partial charge >= 0.3 is 0 Å². The van der Waals surface area contributed by atoms with Gasteiger partial charge in [-0.15, -0.1) is 12.4 Å². The molecule has 1 fully saturated rings. The lowest BCUT2D eigenvalue weighted by Gasteiger charge is -2.34. The molecular formula is C19H22ClFN2O2. The number of methoxy groups -OCH3 is 1. The molecule has 1 heterocycles. The minimum Gasteiger partial charge on any atom is -0.497 e. The number of carbonyl (C=O) groups excluding carboxylic acids is 1. The quantitative estimate of drug-likeness (QED) is 0.908. The minimum absolute atomic E-state index is 0. The summed E-state index contributed by atoms with van der Waals surface area (Å²) >= 11 is 0. The zero-order chi connectivity index (χ0) is 17.1. The van der Waals surface area contributed by atoms with Gasteiger partial charge in [0.1, 0.15) is 11.6 Å². The molecule has 0 bridgehead atoms. The van der Waals surface area contributed by atoms with Crippen LogP contribution in [0.3, 0.4) is 0 Å². The van der Waals surface area contributed by atoms with Crippen molar-refractivity contribution in [2.24, 2.45) is 0 Å². The minimum atomic E-state index is -0.487. The van der Waals surface area contributed by atoms with Crippen molar-refractivity contribution < 1.29 is 13.9 Å². The zero-order valence-corrected chi connectivity index (χ0v) is 15.1. The maximum atomic E-state index is 14.5. The molecule has 2 aromatic rings. The van der Waals surface area contributed by atoms with Crippen LogP contribution in [0, 0.1) is 5.82 Å². The second-order valence-corrected chi connectivity index (χ2v) is 5.97. The van der Waals surface area contributed by atoms with Gasteiger partial charge in [-0.25, -0.2) is 4.39 Å². The van der Waals surface area contributed by atoms with E-state index in [2.05, 4.69) is 5.32 Å². The zero-order valence-electron chi connectivity index (χ0n) is 14.3. The molecule has 1 unspecified atom stereocenters. The van der Waals surface area contributed by atoms with Crippen molar-refractivity contribution in [3.63, 3.8) is 0 Å². The number of hydrogen-bond donors (Lipinski definition) is 1. The first-order valence-electron chi connectivity index (χ1n) is 8.06. The number of piperazine rings is 1. The summed E-state index contributed by atoms with van der Waals surface area (Å²) in [5, 5.41) is 3.23. The Hall–Kier alpha value is -2.11. The van der Waals surface area contributed by atoms with Gasteiger partial charge in [0, 0.05) is 25.7 Å². The normalized spacial score (nSPS) is 16.9. The van der Waals surface area contributed by atoms with Crippen molar-refractivity contribution in [1.29, 1.82) is 0 Å². The highest BCUT2D eigenvalue weighted by Crippen LogP contribution is 2.25. The van der Waals surface area contributed by atoms with Gasteiger partial charge in [-0.3, -0.25) is 4.79 Å². The van der Waals surface area contributed by atoms with Crippen molar-refractivity contribution in [3.05, 3.63) is 53.8 Å². The number of halogens is 2. The maximum Gasteiger partial charge on any atom is 0.257 e. The van der Waals surface area contributed by atoms with Gasteiger partial charge in [-0.1, -0.05) is 18.2 Å². The van der Waals surface area contributed by atoms with Crippen LogP contribution in [0.25, 0.3) is 11.1 Å². The van der Waals surface area contributed by atoms with E-state index in [1.165, 1.54) is 6.07 Å². The molecule has 1 saturated heterocycles. The first-order chi connectivity index (χ1) is 11.6. The maximum absolute atomic E-state index is 14.5. The number of nitrogens with one attached hydrogen (secondary N) is 1. The molecule has 0 saturated carbocycles. The van der Waals surface area contributed by atoms with Crippen molar-refractivity contribution in [2.45, 2.75) is 13.0 Å². The highest BCUT2D eigenvalue weighted by molar-refractivity contribution is 5.95. The number of carbonyl (C=O) groups is 1. The predicted octanol–water partition coefficient (Wildman–Crippen LogP) is 3.36. The van der Waals surface area contributed by atoms with E-state index >= 15 is 0 Å². The number of nitrogens with zero attached hydrogens (tertiary/aromatic N) is 1. The fourth-order valence-electron chi connectivity index (χ4n) is 2.95. The molecule has 1 amide bonds. The van der Waals surface area contributed by atoms with Crippen LogP contribution in [-0.4, -0.2) is 43.6 Å². The highest BCUT2D eigenvalue weighted by atomic mass is 35.5. The Labute approximate surface area is 153 Å². The molecular weight excluding hydrogens is 343 g/mol. The van der Waals surface area contributed by atoms with Crippen molar-refractivity contribution >= 4 is 18.3 Å². The lowest BCUT2D eigenvalue weighted by atomic mass is 10.0. The summed E-state index contributed by atoms with van der Waals surface area (Å²) in [7, 11) is 1.60. The highest BCUT2D eigenvalue weighted by Gasteiger charge is 2.26. The number of rotatable bonds is 3. The van der Waals surface area contributed by atoms with E-state index in [1.54, 1.807) is 24.1 Å². The summed E-state index contributed by atoms with van der Waals surface area (Å²) in [6, 6.07) is 12.2. The Morgan fingerprint density at radius 1 is 1.20 bits per heavy atom. The topological polar surface area (TPSA) is 41.6 Å². The van der Waals surface area contributed by atoms with Gasteiger partial charge < -0.3 is 15.0 Å². The monoisotopic (exact) mass is 364 g/mol. The second-order valence-electron chi connectivity index (χ2n) is 5.97. The fraction of sp³-hybridized carbons (Fsp3) is 0.316. The SMILES string of the molecule is COc1ccc(-c2ccc(C(=O)N3CCNCC3C)c(F)c2)cc1.Cl. The van der Waals surface area contributed by atoms with Crippen LogP contribution in [-0.2, 0) is 0 Å². The summed E-state index contributed by atoms with van der Waals surface area (Å²) in [5.74, 6) is 0.0144. The number of amides is 1. The van der Waals surface area contributed by atoms with Crippen molar-refractivity contribution in [2.75, 3.05) is 26.7 Å². The molecule has 1 aliphatic heterocycles. The summed E-state index contributed by atoms with van der Waals surface area (Å²) < 4.78 is 19.7. The smallest absolute Gasteiger partial charge is 0.257 e. The largest absolute Gasteiger partial charge is 0.497 e. The van der Waals surface area contributed by atoms with Crippen LogP contribution in [0.2, 0.25) is 0 Å². The number of hydrogen-bond acceptors (Lipinski definition) is 3. The third-order valence-corrected chi connectivity index (χ3v) is 4.38. The fourth-order valence-corrected chi connectivity index (χ4v) is 2.95. The van der Waals surface area contributed by atoms with E-state index in [4.69, 9.17) is 4.74 Å². The van der Waals surface area contributed by atoms with E-state index in [0.29, 0.717) is 6.54 Å². The van der Waals surface area contributed by atoms with Crippen LogP contribution >= 0.6 is 12.4 Å². The van der Waals surface area contributed by atoms with Gasteiger partial charge in [0.05, 0.1) is 12.7 Å². The average molecular weight is 365 g/mol. The molecule has 134 valence electrons. The molecule has 1 aliphatic rings. The molecule has 1 N–H and O–H groups in total. The molecule has 0 aliphatic carbocycles. The molecule has 3 rings (SSSR count). The summed E-state index contributed by atoms with van der Waals surface area (Å²) in [4.78, 5) is 14.3. The molecule has 2 aromatic carbocycles. The van der Waals surface area contributed by atoms with Gasteiger partial charge in [0.15, 0.2) is 0 Å². The lowest BCUT2D eigenvalue weighted by Crippen LogP contribution is -2.52. The van der Waals surface area contributed by atoms with Crippen LogP contribution in [0.5, 0.6) is 5.75 Å². The van der Waals surface area contributed by atoms with Crippen LogP contribution < -0.4 is 10.1 Å². The Balaban J connectivity index is 0.00000225. The van der Waals surface area contributed by atoms with Crippen LogP contribution in [0.15, 0.2) is 42.5 Å². The molecule has 25 heavy (non-hydrogen) atoms. The van der Waals surface area contributed by atoms with Crippen molar-refractivity contribution in [3.8, 4) is 16.9 Å². The lowest BCUT2D eigenvalue weighted by molar-refractivity contribution is 0.0651. The van der Waals surface area contributed by atoms with Gasteiger partial charge in [0.2, 0.25) is 0 Å². The van der Waals surface area contributed by atoms with Gasteiger partial charge in [-0.05, 0) is 42.3 Å². The van der Waals surface area contributed by atoms with Crippen LogP contribution in [0.1, 0.15) is 17.3 Å². The predicted molar refractivity (Wildman–Crippen MR) is 99.0 cm³/mol. The Morgan fingerprint density at radius 2 is 1.88 bits per heavy atom. The molecule has 0 radical (unpaired) electrons. The number of ether oxygens (including phenoxy) is 1. The van der Waals surface area contributed by atoms with Crippen LogP contribution in [0.4, 0.5) is 4.39 Å². The molecule has 6 heteroatoms. The summed E-state index contributed by atoms with van der Waals surface area (Å²) in [6.45, 7) is 4.03. The third-order valence-electron chi connectivity index (χ3n) is 4.38. The Kier molecular flexibility index (Phi) is 6.39. The van der Waals surface area contributed by atoms with Gasteiger partial charge in [0.25, 0.3) is 5.91 Å². The second kappa shape index (κ2) is 8.32. The van der Waals surface area contributed by atoms with E-state index in [9.17, 15) is 9.18 Å². The first-order valence-corrected chi connectivity index (χ1v) is 8.06. The van der Waals surface area contributed by atoms with E-state index in [0.717, 1.165) is 30.0 Å². The summed E-state index contributed by atoms with van der Waals surface area (Å²) in [6.07, 6.45) is 0. The molecule has 0 aromatic heterocycles. The average Bonchev–Trinajstić information content (AvgIpc) is 2.61.